The number of carbonyl (C=O) groups excluding carboxylic acids is 1. The van der Waals surface area contributed by atoms with Crippen molar-refractivity contribution < 1.29 is 19.4 Å². The number of hydrogen-bond acceptors (Lipinski definition) is 4. The third-order valence-corrected chi connectivity index (χ3v) is 4.11. The van der Waals surface area contributed by atoms with Crippen molar-refractivity contribution in [3.63, 3.8) is 0 Å². The number of carboxylic acid groups (broad SMARTS) is 1. The molecule has 0 aromatic rings. The summed E-state index contributed by atoms with van der Waals surface area (Å²) in [5.41, 5.74) is 5.91. The van der Waals surface area contributed by atoms with E-state index < -0.39 is 5.97 Å². The number of ether oxygens (including phenoxy) is 1. The van der Waals surface area contributed by atoms with Crippen LogP contribution < -0.4 is 5.73 Å². The van der Waals surface area contributed by atoms with Gasteiger partial charge in [-0.1, -0.05) is 0 Å². The lowest BCUT2D eigenvalue weighted by molar-refractivity contribution is -0.138. The summed E-state index contributed by atoms with van der Waals surface area (Å²) in [4.78, 5) is 26.5. The molecule has 0 radical (unpaired) electrons. The fraction of sp³-hybridized carbons (Fsp3) is 0.857. The van der Waals surface area contributed by atoms with Gasteiger partial charge in [-0.25, -0.2) is 4.79 Å². The van der Waals surface area contributed by atoms with Gasteiger partial charge in [0.25, 0.3) is 0 Å². The van der Waals surface area contributed by atoms with Crippen LogP contribution in [0.25, 0.3) is 0 Å². The minimum Gasteiger partial charge on any atom is -0.481 e. The van der Waals surface area contributed by atoms with Gasteiger partial charge in [0.05, 0.1) is 19.1 Å². The van der Waals surface area contributed by atoms with E-state index in [9.17, 15) is 9.59 Å². The smallest absolute Gasteiger partial charge is 0.320 e. The molecule has 2 fully saturated rings. The number of piperidine rings is 2. The first-order chi connectivity index (χ1) is 10.1. The Balaban J connectivity index is 1.70. The Morgan fingerprint density at radius 1 is 1.14 bits per heavy atom. The second kappa shape index (κ2) is 7.61. The molecule has 0 saturated carbocycles. The molecule has 2 aliphatic heterocycles. The Morgan fingerprint density at radius 3 is 2.48 bits per heavy atom. The zero-order chi connectivity index (χ0) is 15.2. The minimum atomic E-state index is -0.843. The van der Waals surface area contributed by atoms with Gasteiger partial charge in [-0.15, -0.1) is 0 Å². The van der Waals surface area contributed by atoms with E-state index in [4.69, 9.17) is 15.6 Å². The molecule has 2 saturated heterocycles. The second-order valence-corrected chi connectivity index (χ2v) is 5.83. The van der Waals surface area contributed by atoms with E-state index >= 15 is 0 Å². The van der Waals surface area contributed by atoms with Crippen LogP contribution in [0.1, 0.15) is 32.1 Å². The first kappa shape index (κ1) is 16.0. The van der Waals surface area contributed by atoms with Crippen LogP contribution in [-0.4, -0.2) is 71.8 Å². The highest BCUT2D eigenvalue weighted by Gasteiger charge is 2.28. The Hall–Kier alpha value is -1.34. The number of amides is 2. The van der Waals surface area contributed by atoms with Crippen LogP contribution in [0, 0.1) is 0 Å². The fourth-order valence-electron chi connectivity index (χ4n) is 2.91. The lowest BCUT2D eigenvalue weighted by Crippen LogP contribution is -2.53. The van der Waals surface area contributed by atoms with Gasteiger partial charge in [0, 0.05) is 32.2 Å². The fourth-order valence-corrected chi connectivity index (χ4v) is 2.91. The van der Waals surface area contributed by atoms with Crippen LogP contribution in [0.2, 0.25) is 0 Å². The summed E-state index contributed by atoms with van der Waals surface area (Å²) < 4.78 is 5.53. The van der Waals surface area contributed by atoms with Crippen LogP contribution in [0.4, 0.5) is 4.79 Å². The summed E-state index contributed by atoms with van der Waals surface area (Å²) in [6, 6.07) is 0.175. The molecule has 0 spiro atoms. The number of carboxylic acids is 1. The highest BCUT2D eigenvalue weighted by atomic mass is 16.5. The van der Waals surface area contributed by atoms with Crippen molar-refractivity contribution in [1.29, 1.82) is 0 Å². The first-order valence-electron chi connectivity index (χ1n) is 7.69. The van der Waals surface area contributed by atoms with Crippen molar-refractivity contribution in [3.8, 4) is 0 Å². The molecule has 2 amide bonds. The normalized spacial score (nSPS) is 24.1. The molecule has 21 heavy (non-hydrogen) atoms. The number of rotatable bonds is 4. The highest BCUT2D eigenvalue weighted by molar-refractivity contribution is 5.74. The molecule has 2 aliphatic rings. The van der Waals surface area contributed by atoms with E-state index in [1.807, 2.05) is 9.80 Å². The van der Waals surface area contributed by atoms with Gasteiger partial charge < -0.3 is 25.4 Å². The molecule has 2 heterocycles. The molecule has 7 heteroatoms. The van der Waals surface area contributed by atoms with Gasteiger partial charge >= 0.3 is 12.0 Å². The Kier molecular flexibility index (Phi) is 5.81. The average molecular weight is 299 g/mol. The van der Waals surface area contributed by atoms with Gasteiger partial charge in [-0.3, -0.25) is 4.79 Å². The quantitative estimate of drug-likeness (QED) is 0.787. The molecule has 0 aromatic carbocycles. The number of likely N-dealkylation sites (tertiary alicyclic amines) is 2. The number of hydrogen-bond donors (Lipinski definition) is 2. The van der Waals surface area contributed by atoms with E-state index in [-0.39, 0.29) is 31.2 Å². The molecule has 0 bridgehead atoms. The number of nitrogens with zero attached hydrogens (tertiary/aromatic N) is 2. The Bertz CT molecular complexity index is 369. The van der Waals surface area contributed by atoms with Crippen molar-refractivity contribution in [2.45, 2.75) is 44.2 Å². The molecule has 0 aromatic heterocycles. The molecule has 7 nitrogen and oxygen atoms in total. The lowest BCUT2D eigenvalue weighted by Gasteiger charge is -2.38. The maximum Gasteiger partial charge on any atom is 0.320 e. The van der Waals surface area contributed by atoms with Crippen LogP contribution in [0.5, 0.6) is 0 Å². The van der Waals surface area contributed by atoms with E-state index in [1.165, 1.54) is 0 Å². The molecule has 3 N–H and O–H groups in total. The second-order valence-electron chi connectivity index (χ2n) is 5.83. The van der Waals surface area contributed by atoms with Crippen molar-refractivity contribution in [2.24, 2.45) is 5.73 Å². The Morgan fingerprint density at radius 2 is 1.86 bits per heavy atom. The molecule has 120 valence electrons. The molecular weight excluding hydrogens is 274 g/mol. The average Bonchev–Trinajstić information content (AvgIpc) is 2.47. The van der Waals surface area contributed by atoms with Crippen LogP contribution >= 0.6 is 0 Å². The maximum absolute atomic E-state index is 12.4. The summed E-state index contributed by atoms with van der Waals surface area (Å²) in [7, 11) is 0. The predicted octanol–water partition coefficient (Wildman–Crippen LogP) is 0.485. The van der Waals surface area contributed by atoms with Gasteiger partial charge in [0.1, 0.15) is 0 Å². The molecule has 1 unspecified atom stereocenters. The topological polar surface area (TPSA) is 96.1 Å². The largest absolute Gasteiger partial charge is 0.481 e. The van der Waals surface area contributed by atoms with Gasteiger partial charge in [0.2, 0.25) is 0 Å². The predicted molar refractivity (Wildman–Crippen MR) is 77.0 cm³/mol. The van der Waals surface area contributed by atoms with Crippen LogP contribution in [0.3, 0.4) is 0 Å². The number of carbonyl (C=O) groups is 2. The number of nitrogens with two attached hydrogens (primary N) is 1. The third kappa shape index (κ3) is 4.86. The van der Waals surface area contributed by atoms with Crippen molar-refractivity contribution in [3.05, 3.63) is 0 Å². The number of aliphatic carboxylic acids is 1. The minimum absolute atomic E-state index is 0.0326. The highest BCUT2D eigenvalue weighted by Crippen LogP contribution is 2.17. The van der Waals surface area contributed by atoms with E-state index in [0.717, 1.165) is 32.2 Å². The SMILES string of the molecule is NC1CCCN(C(=O)N2CCC(OCCC(=O)O)CC2)C1. The third-order valence-electron chi connectivity index (χ3n) is 4.11. The summed E-state index contributed by atoms with van der Waals surface area (Å²) in [5, 5.41) is 8.57. The lowest BCUT2D eigenvalue weighted by atomic mass is 10.1. The van der Waals surface area contributed by atoms with Gasteiger partial charge in [0.15, 0.2) is 0 Å². The van der Waals surface area contributed by atoms with E-state index in [0.29, 0.717) is 19.6 Å². The monoisotopic (exact) mass is 299 g/mol. The summed E-state index contributed by atoms with van der Waals surface area (Å²) in [5.74, 6) is -0.843. The van der Waals surface area contributed by atoms with Crippen LogP contribution in [-0.2, 0) is 9.53 Å². The van der Waals surface area contributed by atoms with Gasteiger partial charge in [-0.05, 0) is 25.7 Å². The zero-order valence-electron chi connectivity index (χ0n) is 12.4. The first-order valence-corrected chi connectivity index (χ1v) is 7.69. The van der Waals surface area contributed by atoms with E-state index in [2.05, 4.69) is 0 Å². The van der Waals surface area contributed by atoms with Crippen molar-refractivity contribution in [1.82, 2.24) is 9.80 Å². The molecule has 0 aliphatic carbocycles. The Labute approximate surface area is 125 Å². The zero-order valence-corrected chi connectivity index (χ0v) is 12.4. The molecule has 1 atom stereocenters. The maximum atomic E-state index is 12.4. The number of urea groups is 1. The van der Waals surface area contributed by atoms with E-state index in [1.54, 1.807) is 0 Å². The summed E-state index contributed by atoms with van der Waals surface area (Å²) in [6.07, 6.45) is 3.60. The van der Waals surface area contributed by atoms with Crippen molar-refractivity contribution >= 4 is 12.0 Å². The van der Waals surface area contributed by atoms with Crippen LogP contribution in [0.15, 0.2) is 0 Å². The molecular formula is C14H25N3O4. The van der Waals surface area contributed by atoms with Crippen molar-refractivity contribution in [2.75, 3.05) is 32.8 Å². The standard InChI is InChI=1S/C14H25N3O4/c15-11-2-1-6-17(10-11)14(20)16-7-3-12(4-8-16)21-9-5-13(18)19/h11-12H,1-10,15H2,(H,18,19). The summed E-state index contributed by atoms with van der Waals surface area (Å²) >= 11 is 0. The molecule has 2 rings (SSSR count). The van der Waals surface area contributed by atoms with Gasteiger partial charge in [-0.2, -0.15) is 0 Å². The summed E-state index contributed by atoms with van der Waals surface area (Å²) in [6.45, 7) is 3.02.